The molecule has 1 saturated heterocycles. The van der Waals surface area contributed by atoms with Crippen LogP contribution in [0.4, 0.5) is 4.79 Å². The quantitative estimate of drug-likeness (QED) is 0.123. The number of esters is 2. The standard InChI is InChI=1S/C18H24N4O9/c1-7(2)15(24)31-13(11-6-28-18(26)30-11)14-12(21-8(3)23)9(22-17(19)20)5-10(29-14)16(25)27-4/h5,9,11-14H,1,6H2,2-4H3,(H,21,23)(H4,19,20,22)/t9-,11+,12+,13+,14+/m0/s1. The van der Waals surface area contributed by atoms with Gasteiger partial charge in [0.15, 0.2) is 24.3 Å². The van der Waals surface area contributed by atoms with E-state index in [0.29, 0.717) is 0 Å². The van der Waals surface area contributed by atoms with Crippen LogP contribution in [0.1, 0.15) is 13.8 Å². The molecule has 13 nitrogen and oxygen atoms in total. The fraction of sp³-hybridized carbons (Fsp3) is 0.500. The van der Waals surface area contributed by atoms with E-state index >= 15 is 0 Å². The highest BCUT2D eigenvalue weighted by Crippen LogP contribution is 2.28. The van der Waals surface area contributed by atoms with Crippen molar-refractivity contribution in [2.24, 2.45) is 5.73 Å². The minimum absolute atomic E-state index is 0.0456. The molecule has 0 radical (unpaired) electrons. The molecule has 0 spiro atoms. The molecule has 2 rings (SSSR count). The van der Waals surface area contributed by atoms with Gasteiger partial charge in [-0.3, -0.25) is 10.2 Å². The topological polar surface area (TPSA) is 188 Å². The zero-order valence-corrected chi connectivity index (χ0v) is 17.1. The summed E-state index contributed by atoms with van der Waals surface area (Å²) in [7, 11) is 1.13. The maximum atomic E-state index is 12.3. The Bertz CT molecular complexity index is 825. The number of nitrogens with two attached hydrogens (primary N) is 1. The molecule has 5 N–H and O–H groups in total. The van der Waals surface area contributed by atoms with Gasteiger partial charge in [-0.25, -0.2) is 14.4 Å². The van der Waals surface area contributed by atoms with Crippen molar-refractivity contribution in [1.29, 1.82) is 5.41 Å². The fourth-order valence-corrected chi connectivity index (χ4v) is 3.02. The van der Waals surface area contributed by atoms with Gasteiger partial charge in [0.1, 0.15) is 6.61 Å². The Kier molecular flexibility index (Phi) is 7.45. The van der Waals surface area contributed by atoms with Crippen molar-refractivity contribution < 1.29 is 42.9 Å². The van der Waals surface area contributed by atoms with Crippen molar-refractivity contribution >= 4 is 30.0 Å². The van der Waals surface area contributed by atoms with Crippen molar-refractivity contribution in [3.05, 3.63) is 24.0 Å². The second kappa shape index (κ2) is 9.82. The van der Waals surface area contributed by atoms with Gasteiger partial charge in [0.2, 0.25) is 11.7 Å². The normalized spacial score (nSPS) is 25.5. The molecule has 0 aliphatic carbocycles. The zero-order chi connectivity index (χ0) is 23.3. The van der Waals surface area contributed by atoms with E-state index in [0.717, 1.165) is 7.11 Å². The van der Waals surface area contributed by atoms with Gasteiger partial charge >= 0.3 is 18.1 Å². The summed E-state index contributed by atoms with van der Waals surface area (Å²) in [6.07, 6.45) is -3.46. The number of hydrogen-bond acceptors (Lipinski definition) is 10. The Morgan fingerprint density at radius 3 is 2.45 bits per heavy atom. The Balaban J connectivity index is 2.52. The van der Waals surface area contributed by atoms with Crippen LogP contribution in [-0.4, -0.2) is 74.1 Å². The van der Waals surface area contributed by atoms with Crippen molar-refractivity contribution in [2.45, 2.75) is 44.2 Å². The van der Waals surface area contributed by atoms with Crippen molar-refractivity contribution in [3.8, 4) is 0 Å². The molecule has 1 amide bonds. The largest absolute Gasteiger partial charge is 0.508 e. The van der Waals surface area contributed by atoms with Crippen LogP contribution < -0.4 is 16.4 Å². The van der Waals surface area contributed by atoms with Gasteiger partial charge in [-0.2, -0.15) is 0 Å². The van der Waals surface area contributed by atoms with Crippen molar-refractivity contribution in [1.82, 2.24) is 10.6 Å². The summed E-state index contributed by atoms with van der Waals surface area (Å²) in [4.78, 5) is 47.8. The Hall–Kier alpha value is -3.77. The van der Waals surface area contributed by atoms with Gasteiger partial charge in [-0.15, -0.1) is 0 Å². The highest BCUT2D eigenvalue weighted by molar-refractivity contribution is 5.88. The number of amides is 1. The lowest BCUT2D eigenvalue weighted by Crippen LogP contribution is -2.64. The minimum Gasteiger partial charge on any atom is -0.477 e. The summed E-state index contributed by atoms with van der Waals surface area (Å²) in [5.41, 5.74) is 5.49. The van der Waals surface area contributed by atoms with Gasteiger partial charge < -0.3 is 40.1 Å². The number of nitrogens with one attached hydrogen (secondary N) is 3. The number of hydrogen-bond donors (Lipinski definition) is 4. The average Bonchev–Trinajstić information content (AvgIpc) is 3.11. The van der Waals surface area contributed by atoms with Crippen molar-refractivity contribution in [3.63, 3.8) is 0 Å². The first kappa shape index (κ1) is 23.5. The number of methoxy groups -OCH3 is 1. The lowest BCUT2D eigenvalue weighted by Gasteiger charge is -2.41. The molecule has 0 saturated carbocycles. The summed E-state index contributed by atoms with van der Waals surface area (Å²) in [5.74, 6) is -2.95. The number of carbonyl (C=O) groups is 4. The third kappa shape index (κ3) is 5.87. The van der Waals surface area contributed by atoms with Gasteiger partial charge in [-0.1, -0.05) is 6.58 Å². The lowest BCUT2D eigenvalue weighted by molar-refractivity contribution is -0.166. The van der Waals surface area contributed by atoms with E-state index in [1.165, 1.54) is 19.9 Å². The van der Waals surface area contributed by atoms with Crippen LogP contribution in [0.3, 0.4) is 0 Å². The second-order valence-electron chi connectivity index (χ2n) is 6.78. The molecule has 2 heterocycles. The molecule has 0 bridgehead atoms. The third-order valence-corrected chi connectivity index (χ3v) is 4.31. The molecule has 0 aromatic carbocycles. The number of cyclic esters (lactones) is 2. The molecular weight excluding hydrogens is 416 g/mol. The van der Waals surface area contributed by atoms with Crippen LogP contribution in [0.5, 0.6) is 0 Å². The molecule has 0 aromatic heterocycles. The smallest absolute Gasteiger partial charge is 0.477 e. The van der Waals surface area contributed by atoms with E-state index in [1.807, 2.05) is 0 Å². The molecule has 5 atom stereocenters. The van der Waals surface area contributed by atoms with E-state index in [-0.39, 0.29) is 17.9 Å². The third-order valence-electron chi connectivity index (χ3n) is 4.31. The van der Waals surface area contributed by atoms with Gasteiger partial charge in [-0.05, 0) is 13.0 Å². The Morgan fingerprint density at radius 1 is 1.29 bits per heavy atom. The molecule has 31 heavy (non-hydrogen) atoms. The van der Waals surface area contributed by atoms with E-state index < -0.39 is 60.4 Å². The summed E-state index contributed by atoms with van der Waals surface area (Å²) in [6, 6.07) is -1.96. The van der Waals surface area contributed by atoms with Gasteiger partial charge in [0, 0.05) is 12.5 Å². The predicted molar refractivity (Wildman–Crippen MR) is 102 cm³/mol. The molecule has 1 fully saturated rings. The van der Waals surface area contributed by atoms with Crippen LogP contribution in [-0.2, 0) is 38.1 Å². The van der Waals surface area contributed by atoms with E-state index in [2.05, 4.69) is 21.9 Å². The molecule has 170 valence electrons. The lowest BCUT2D eigenvalue weighted by atomic mass is 9.91. The van der Waals surface area contributed by atoms with Gasteiger partial charge in [0.05, 0.1) is 19.2 Å². The predicted octanol–water partition coefficient (Wildman–Crippen LogP) is -1.18. The van der Waals surface area contributed by atoms with Crippen LogP contribution >= 0.6 is 0 Å². The highest BCUT2D eigenvalue weighted by atomic mass is 16.8. The van der Waals surface area contributed by atoms with E-state index in [4.69, 9.17) is 30.1 Å². The molecule has 0 aromatic rings. The minimum atomic E-state index is -1.34. The summed E-state index contributed by atoms with van der Waals surface area (Å²) in [5, 5.41) is 12.7. The van der Waals surface area contributed by atoms with Gasteiger partial charge in [0.25, 0.3) is 0 Å². The highest BCUT2D eigenvalue weighted by Gasteiger charge is 2.50. The number of rotatable bonds is 7. The number of carbonyl (C=O) groups excluding carboxylic acids is 4. The van der Waals surface area contributed by atoms with E-state index in [9.17, 15) is 19.2 Å². The number of ether oxygens (including phenoxy) is 5. The summed E-state index contributed by atoms with van der Waals surface area (Å²) >= 11 is 0. The molecule has 2 aliphatic rings. The number of guanidine groups is 1. The monoisotopic (exact) mass is 440 g/mol. The first-order valence-corrected chi connectivity index (χ1v) is 9.07. The summed E-state index contributed by atoms with van der Waals surface area (Å²) < 4.78 is 25.7. The van der Waals surface area contributed by atoms with Crippen LogP contribution in [0.15, 0.2) is 24.0 Å². The Labute approximate surface area is 177 Å². The SMILES string of the molecule is C=C(C)C(=O)O[C@@H]([C@@H]1OC(C(=O)OC)=C[C@H](NC(=N)N)[C@H]1NC(C)=O)[C@H]1COC(=O)O1. The average molecular weight is 440 g/mol. The van der Waals surface area contributed by atoms with Crippen LogP contribution in [0.2, 0.25) is 0 Å². The molecule has 13 heteroatoms. The van der Waals surface area contributed by atoms with Crippen LogP contribution in [0.25, 0.3) is 0 Å². The fourth-order valence-electron chi connectivity index (χ4n) is 3.02. The Morgan fingerprint density at radius 2 is 1.97 bits per heavy atom. The summed E-state index contributed by atoms with van der Waals surface area (Å²) in [6.45, 7) is 5.87. The zero-order valence-electron chi connectivity index (χ0n) is 17.1. The van der Waals surface area contributed by atoms with Crippen LogP contribution in [0, 0.1) is 5.41 Å². The molecule has 2 aliphatic heterocycles. The molecule has 0 unspecified atom stereocenters. The molecular formula is C18H24N4O9. The maximum Gasteiger partial charge on any atom is 0.508 e. The first-order valence-electron chi connectivity index (χ1n) is 9.07. The van der Waals surface area contributed by atoms with E-state index in [1.54, 1.807) is 0 Å². The maximum absolute atomic E-state index is 12.3. The van der Waals surface area contributed by atoms with Crippen molar-refractivity contribution in [2.75, 3.05) is 13.7 Å². The first-order chi connectivity index (χ1) is 14.5. The second-order valence-corrected chi connectivity index (χ2v) is 6.78.